The average Bonchev–Trinajstić information content (AvgIpc) is 2.44. The van der Waals surface area contributed by atoms with E-state index < -0.39 is 0 Å². The first kappa shape index (κ1) is 15.5. The number of benzene rings is 1. The second-order valence-corrected chi connectivity index (χ2v) is 4.78. The van der Waals surface area contributed by atoms with Crippen LogP contribution in [0.2, 0.25) is 0 Å². The number of nitrogens with zero attached hydrogens (tertiary/aromatic N) is 1. The van der Waals surface area contributed by atoms with Gasteiger partial charge in [0.15, 0.2) is 0 Å². The maximum atomic E-state index is 8.40. The first-order valence-corrected chi connectivity index (χ1v) is 7.27. The van der Waals surface area contributed by atoms with E-state index in [4.69, 9.17) is 9.94 Å². The van der Waals surface area contributed by atoms with Crippen LogP contribution in [0.4, 0.5) is 0 Å². The lowest BCUT2D eigenvalue weighted by molar-refractivity contribution is 0.304. The fourth-order valence-corrected chi connectivity index (χ4v) is 1.97. The summed E-state index contributed by atoms with van der Waals surface area (Å²) in [5, 5.41) is 11.4. The van der Waals surface area contributed by atoms with Crippen molar-refractivity contribution in [1.29, 1.82) is 0 Å². The van der Waals surface area contributed by atoms with Gasteiger partial charge in [-0.25, -0.2) is 0 Å². The molecule has 0 bridgehead atoms. The molecule has 3 heteroatoms. The summed E-state index contributed by atoms with van der Waals surface area (Å²) in [5.41, 5.74) is 0.866. The highest BCUT2D eigenvalue weighted by atomic mass is 16.5. The van der Waals surface area contributed by atoms with Gasteiger partial charge in [-0.1, -0.05) is 50.6 Å². The summed E-state index contributed by atoms with van der Waals surface area (Å²) in [5.74, 6) is 0.876. The minimum absolute atomic E-state index is 0.779. The van der Waals surface area contributed by atoms with Gasteiger partial charge >= 0.3 is 0 Å². The predicted molar refractivity (Wildman–Crippen MR) is 79.3 cm³/mol. The number of oxime groups is 1. The summed E-state index contributed by atoms with van der Waals surface area (Å²) in [6.45, 7) is 3.02. The summed E-state index contributed by atoms with van der Waals surface area (Å²) < 4.78 is 5.66. The van der Waals surface area contributed by atoms with Crippen molar-refractivity contribution in [3.63, 3.8) is 0 Å². The van der Waals surface area contributed by atoms with E-state index in [0.717, 1.165) is 24.3 Å². The Balaban J connectivity index is 2.06. The Bertz CT molecular complexity index is 346. The normalized spacial score (nSPS) is 11.0. The highest BCUT2D eigenvalue weighted by Gasteiger charge is 1.95. The summed E-state index contributed by atoms with van der Waals surface area (Å²) in [6.07, 6.45) is 10.5. The maximum absolute atomic E-state index is 8.40. The summed E-state index contributed by atoms with van der Waals surface area (Å²) >= 11 is 0. The molecule has 0 radical (unpaired) electrons. The minimum atomic E-state index is 0.779. The van der Waals surface area contributed by atoms with E-state index in [1.54, 1.807) is 0 Å². The molecule has 1 N–H and O–H groups in total. The number of hydrogen-bond acceptors (Lipinski definition) is 3. The fourth-order valence-electron chi connectivity index (χ4n) is 1.97. The molecule has 1 rings (SSSR count). The second kappa shape index (κ2) is 10.4. The Labute approximate surface area is 116 Å². The highest BCUT2D eigenvalue weighted by molar-refractivity contribution is 5.79. The molecule has 0 heterocycles. The van der Waals surface area contributed by atoms with Gasteiger partial charge in [-0.15, -0.1) is 0 Å². The zero-order valence-electron chi connectivity index (χ0n) is 11.8. The molecule has 106 valence electrons. The van der Waals surface area contributed by atoms with Crippen molar-refractivity contribution in [2.45, 2.75) is 51.9 Å². The van der Waals surface area contributed by atoms with Crippen molar-refractivity contribution in [3.05, 3.63) is 29.8 Å². The van der Waals surface area contributed by atoms with Crippen LogP contribution in [0.15, 0.2) is 29.4 Å². The van der Waals surface area contributed by atoms with Gasteiger partial charge in [0.1, 0.15) is 5.75 Å². The smallest absolute Gasteiger partial charge is 0.119 e. The van der Waals surface area contributed by atoms with Crippen LogP contribution in [0.3, 0.4) is 0 Å². The average molecular weight is 263 g/mol. The number of ether oxygens (including phenoxy) is 1. The molecule has 1 aromatic carbocycles. The van der Waals surface area contributed by atoms with Crippen molar-refractivity contribution in [1.82, 2.24) is 0 Å². The topological polar surface area (TPSA) is 41.8 Å². The van der Waals surface area contributed by atoms with Gasteiger partial charge in [0.2, 0.25) is 0 Å². The molecule has 0 unspecified atom stereocenters. The lowest BCUT2D eigenvalue weighted by Gasteiger charge is -2.06. The molecular weight excluding hydrogens is 238 g/mol. The second-order valence-electron chi connectivity index (χ2n) is 4.78. The van der Waals surface area contributed by atoms with Crippen molar-refractivity contribution in [2.75, 3.05) is 6.61 Å². The van der Waals surface area contributed by atoms with Crippen LogP contribution in [-0.2, 0) is 0 Å². The van der Waals surface area contributed by atoms with Crippen LogP contribution in [0.1, 0.15) is 57.4 Å². The van der Waals surface area contributed by atoms with Crippen LogP contribution < -0.4 is 4.74 Å². The number of rotatable bonds is 10. The molecule has 1 aromatic rings. The van der Waals surface area contributed by atoms with E-state index in [-0.39, 0.29) is 0 Å². The molecule has 0 atom stereocenters. The Morgan fingerprint density at radius 3 is 2.26 bits per heavy atom. The number of unbranched alkanes of at least 4 members (excludes halogenated alkanes) is 6. The summed E-state index contributed by atoms with van der Waals surface area (Å²) in [6, 6.07) is 7.55. The molecule has 0 aliphatic rings. The Morgan fingerprint density at radius 1 is 1.00 bits per heavy atom. The van der Waals surface area contributed by atoms with E-state index >= 15 is 0 Å². The molecule has 19 heavy (non-hydrogen) atoms. The molecule has 0 aliphatic carbocycles. The number of hydrogen-bond donors (Lipinski definition) is 1. The molecule has 0 spiro atoms. The quantitative estimate of drug-likeness (QED) is 0.289. The van der Waals surface area contributed by atoms with Crippen LogP contribution in [0, 0.1) is 0 Å². The Kier molecular flexibility index (Phi) is 8.52. The monoisotopic (exact) mass is 263 g/mol. The highest BCUT2D eigenvalue weighted by Crippen LogP contribution is 2.12. The molecule has 0 fully saturated rings. The molecular formula is C16H25NO2. The van der Waals surface area contributed by atoms with Crippen molar-refractivity contribution < 1.29 is 9.94 Å². The first-order chi connectivity index (χ1) is 9.36. The van der Waals surface area contributed by atoms with Gasteiger partial charge in [0.05, 0.1) is 12.8 Å². The third-order valence-corrected chi connectivity index (χ3v) is 3.10. The van der Waals surface area contributed by atoms with Gasteiger partial charge in [-0.3, -0.25) is 0 Å². The zero-order chi connectivity index (χ0) is 13.8. The summed E-state index contributed by atoms with van der Waals surface area (Å²) in [4.78, 5) is 0. The van der Waals surface area contributed by atoms with E-state index in [1.807, 2.05) is 24.3 Å². The van der Waals surface area contributed by atoms with Gasteiger partial charge in [-0.05, 0) is 36.2 Å². The molecule has 0 aromatic heterocycles. The SMILES string of the molecule is CCCCCCCCCOc1ccc(C=NO)cc1. The first-order valence-electron chi connectivity index (χ1n) is 7.27. The van der Waals surface area contributed by atoms with Gasteiger partial charge < -0.3 is 9.94 Å². The maximum Gasteiger partial charge on any atom is 0.119 e. The van der Waals surface area contributed by atoms with Gasteiger partial charge in [-0.2, -0.15) is 0 Å². The van der Waals surface area contributed by atoms with Gasteiger partial charge in [0.25, 0.3) is 0 Å². The minimum Gasteiger partial charge on any atom is -0.494 e. The molecule has 0 aliphatic heterocycles. The van der Waals surface area contributed by atoms with Crippen LogP contribution >= 0.6 is 0 Å². The van der Waals surface area contributed by atoms with E-state index in [2.05, 4.69) is 12.1 Å². The van der Waals surface area contributed by atoms with E-state index in [0.29, 0.717) is 0 Å². The molecule has 0 amide bonds. The Morgan fingerprint density at radius 2 is 1.63 bits per heavy atom. The van der Waals surface area contributed by atoms with Gasteiger partial charge in [0, 0.05) is 0 Å². The molecule has 3 nitrogen and oxygen atoms in total. The van der Waals surface area contributed by atoms with Crippen molar-refractivity contribution >= 4 is 6.21 Å². The lowest BCUT2D eigenvalue weighted by atomic mass is 10.1. The fraction of sp³-hybridized carbons (Fsp3) is 0.562. The Hall–Kier alpha value is -1.51. The van der Waals surface area contributed by atoms with Crippen molar-refractivity contribution in [2.24, 2.45) is 5.16 Å². The lowest BCUT2D eigenvalue weighted by Crippen LogP contribution is -1.97. The van der Waals surface area contributed by atoms with Crippen LogP contribution in [0.5, 0.6) is 5.75 Å². The van der Waals surface area contributed by atoms with Crippen molar-refractivity contribution in [3.8, 4) is 5.75 Å². The van der Waals surface area contributed by atoms with E-state index in [9.17, 15) is 0 Å². The molecule has 0 saturated heterocycles. The van der Waals surface area contributed by atoms with E-state index in [1.165, 1.54) is 44.7 Å². The standard InChI is InChI=1S/C16H25NO2/c1-2-3-4-5-6-7-8-13-19-16-11-9-15(10-12-16)14-17-18/h9-12,14,18H,2-8,13H2,1H3. The largest absolute Gasteiger partial charge is 0.494 e. The van der Waals surface area contributed by atoms with Crippen LogP contribution in [0.25, 0.3) is 0 Å². The predicted octanol–water partition coefficient (Wildman–Crippen LogP) is 4.62. The third-order valence-electron chi connectivity index (χ3n) is 3.10. The zero-order valence-corrected chi connectivity index (χ0v) is 11.8. The third kappa shape index (κ3) is 7.50. The van der Waals surface area contributed by atoms with Crippen LogP contribution in [-0.4, -0.2) is 18.0 Å². The molecule has 0 saturated carbocycles. The summed E-state index contributed by atoms with van der Waals surface area (Å²) in [7, 11) is 0.